The Morgan fingerprint density at radius 1 is 0.667 bits per heavy atom. The number of para-hydroxylation sites is 1. The summed E-state index contributed by atoms with van der Waals surface area (Å²) in [6, 6.07) is 15.4. The maximum atomic E-state index is 12.9. The van der Waals surface area contributed by atoms with Crippen molar-refractivity contribution in [2.45, 2.75) is 12.8 Å². The Bertz CT molecular complexity index is 810. The average molecular weight is 364 g/mol. The van der Waals surface area contributed by atoms with Gasteiger partial charge in [-0.3, -0.25) is 9.59 Å². The fraction of sp³-hybridized carbons (Fsp3) is 0.381. The summed E-state index contributed by atoms with van der Waals surface area (Å²) in [5.41, 5.74) is 1.90. The van der Waals surface area contributed by atoms with E-state index in [0.29, 0.717) is 24.5 Å². The Morgan fingerprint density at radius 2 is 1.22 bits per heavy atom. The van der Waals surface area contributed by atoms with Crippen molar-refractivity contribution in [3.05, 3.63) is 59.9 Å². The summed E-state index contributed by atoms with van der Waals surface area (Å²) in [4.78, 5) is 35.7. The van der Waals surface area contributed by atoms with Crippen molar-refractivity contribution in [2.24, 2.45) is 0 Å². The molecule has 2 saturated heterocycles. The predicted octanol–water partition coefficient (Wildman–Crippen LogP) is 2.28. The largest absolute Gasteiger partial charge is 0.368 e. The van der Waals surface area contributed by atoms with E-state index >= 15 is 0 Å². The third-order valence-electron chi connectivity index (χ3n) is 5.27. The molecule has 0 aliphatic carbocycles. The number of anilines is 1. The molecule has 0 bridgehead atoms. The second-order valence-electron chi connectivity index (χ2n) is 7.02. The Kier molecular flexibility index (Phi) is 5.05. The predicted molar refractivity (Wildman–Crippen MR) is 104 cm³/mol. The van der Waals surface area contributed by atoms with Gasteiger partial charge in [-0.25, -0.2) is 4.98 Å². The van der Waals surface area contributed by atoms with Gasteiger partial charge in [-0.2, -0.15) is 0 Å². The molecular weight excluding hydrogens is 340 g/mol. The van der Waals surface area contributed by atoms with E-state index in [1.807, 2.05) is 28.0 Å². The van der Waals surface area contributed by atoms with Crippen molar-refractivity contribution in [3.63, 3.8) is 0 Å². The highest BCUT2D eigenvalue weighted by Crippen LogP contribution is 2.17. The van der Waals surface area contributed by atoms with Gasteiger partial charge in [-0.1, -0.05) is 24.3 Å². The third-order valence-corrected chi connectivity index (χ3v) is 5.27. The number of aromatic nitrogens is 1. The lowest BCUT2D eigenvalue weighted by Crippen LogP contribution is -2.49. The lowest BCUT2D eigenvalue weighted by molar-refractivity contribution is 0.0739. The van der Waals surface area contributed by atoms with Crippen LogP contribution in [0.1, 0.15) is 33.8 Å². The molecular formula is C21H24N4O2. The molecule has 2 aliphatic heterocycles. The van der Waals surface area contributed by atoms with Crippen LogP contribution in [0.2, 0.25) is 0 Å². The summed E-state index contributed by atoms with van der Waals surface area (Å²) in [6.07, 6.45) is 2.08. The molecule has 3 heterocycles. The molecule has 0 spiro atoms. The zero-order valence-corrected chi connectivity index (χ0v) is 15.4. The fourth-order valence-corrected chi connectivity index (χ4v) is 3.72. The summed E-state index contributed by atoms with van der Waals surface area (Å²) >= 11 is 0. The molecule has 140 valence electrons. The molecule has 2 fully saturated rings. The minimum Gasteiger partial charge on any atom is -0.368 e. The minimum absolute atomic E-state index is 0.0731. The molecule has 1 aromatic carbocycles. The number of hydrogen-bond acceptors (Lipinski definition) is 4. The van der Waals surface area contributed by atoms with E-state index in [-0.39, 0.29) is 11.8 Å². The van der Waals surface area contributed by atoms with Crippen molar-refractivity contribution in [3.8, 4) is 0 Å². The summed E-state index contributed by atoms with van der Waals surface area (Å²) in [5, 5.41) is 0. The van der Waals surface area contributed by atoms with Gasteiger partial charge in [0.1, 0.15) is 11.4 Å². The zero-order chi connectivity index (χ0) is 18.6. The first-order valence-corrected chi connectivity index (χ1v) is 9.58. The number of piperazine rings is 1. The van der Waals surface area contributed by atoms with Gasteiger partial charge < -0.3 is 14.7 Å². The van der Waals surface area contributed by atoms with E-state index in [9.17, 15) is 9.59 Å². The smallest absolute Gasteiger partial charge is 0.272 e. The number of rotatable bonds is 3. The van der Waals surface area contributed by atoms with Crippen LogP contribution >= 0.6 is 0 Å². The van der Waals surface area contributed by atoms with Crippen LogP contribution in [0, 0.1) is 0 Å². The first kappa shape index (κ1) is 17.5. The van der Waals surface area contributed by atoms with Crippen LogP contribution < -0.4 is 4.90 Å². The number of benzene rings is 1. The lowest BCUT2D eigenvalue weighted by Gasteiger charge is -2.36. The Morgan fingerprint density at radius 3 is 1.81 bits per heavy atom. The van der Waals surface area contributed by atoms with E-state index in [0.717, 1.165) is 39.0 Å². The summed E-state index contributed by atoms with van der Waals surface area (Å²) in [5.74, 6) is -0.171. The van der Waals surface area contributed by atoms with Crippen molar-refractivity contribution in [2.75, 3.05) is 44.2 Å². The summed E-state index contributed by atoms with van der Waals surface area (Å²) in [6.45, 7) is 4.45. The van der Waals surface area contributed by atoms with Crippen LogP contribution in [-0.2, 0) is 0 Å². The second kappa shape index (κ2) is 7.78. The number of pyridine rings is 1. The monoisotopic (exact) mass is 364 g/mol. The van der Waals surface area contributed by atoms with Crippen LogP contribution in [0.5, 0.6) is 0 Å². The summed E-state index contributed by atoms with van der Waals surface area (Å²) < 4.78 is 0. The Hall–Kier alpha value is -2.89. The normalized spacial score (nSPS) is 17.3. The number of hydrogen-bond donors (Lipinski definition) is 0. The van der Waals surface area contributed by atoms with E-state index < -0.39 is 0 Å². The number of carbonyl (C=O) groups is 2. The van der Waals surface area contributed by atoms with E-state index in [2.05, 4.69) is 22.0 Å². The SMILES string of the molecule is O=C(c1cccc(C(=O)N2CCN(c3ccccc3)CC2)n1)N1CCCC1. The molecule has 27 heavy (non-hydrogen) atoms. The molecule has 0 radical (unpaired) electrons. The van der Waals surface area contributed by atoms with Crippen molar-refractivity contribution < 1.29 is 9.59 Å². The second-order valence-corrected chi connectivity index (χ2v) is 7.02. The van der Waals surface area contributed by atoms with Crippen molar-refractivity contribution in [1.29, 1.82) is 0 Å². The Labute approximate surface area is 159 Å². The molecule has 0 N–H and O–H groups in total. The third kappa shape index (κ3) is 3.79. The molecule has 6 nitrogen and oxygen atoms in total. The molecule has 1 aromatic heterocycles. The van der Waals surface area contributed by atoms with E-state index in [4.69, 9.17) is 0 Å². The fourth-order valence-electron chi connectivity index (χ4n) is 3.72. The topological polar surface area (TPSA) is 56.8 Å². The molecule has 2 aromatic rings. The molecule has 2 amide bonds. The maximum Gasteiger partial charge on any atom is 0.272 e. The highest BCUT2D eigenvalue weighted by molar-refractivity contribution is 5.96. The van der Waals surface area contributed by atoms with Crippen LogP contribution in [-0.4, -0.2) is 65.9 Å². The van der Waals surface area contributed by atoms with Crippen molar-refractivity contribution in [1.82, 2.24) is 14.8 Å². The number of nitrogens with zero attached hydrogens (tertiary/aromatic N) is 4. The highest BCUT2D eigenvalue weighted by Gasteiger charge is 2.25. The first-order chi connectivity index (χ1) is 13.2. The lowest BCUT2D eigenvalue weighted by atomic mass is 10.2. The molecule has 0 unspecified atom stereocenters. The number of amides is 2. The average Bonchev–Trinajstić information content (AvgIpc) is 3.28. The van der Waals surface area contributed by atoms with Crippen LogP contribution in [0.15, 0.2) is 48.5 Å². The van der Waals surface area contributed by atoms with Gasteiger partial charge in [0.2, 0.25) is 0 Å². The first-order valence-electron chi connectivity index (χ1n) is 9.58. The van der Waals surface area contributed by atoms with Gasteiger partial charge in [0.05, 0.1) is 0 Å². The molecule has 4 rings (SSSR count). The zero-order valence-electron chi connectivity index (χ0n) is 15.4. The van der Waals surface area contributed by atoms with Gasteiger partial charge in [0.25, 0.3) is 11.8 Å². The van der Waals surface area contributed by atoms with E-state index in [1.54, 1.807) is 18.2 Å². The standard InChI is InChI=1S/C21H24N4O2/c26-20(24-11-4-5-12-24)18-9-6-10-19(22-18)21(27)25-15-13-23(14-16-25)17-7-2-1-3-8-17/h1-3,6-10H,4-5,11-16H2. The highest BCUT2D eigenvalue weighted by atomic mass is 16.2. The quantitative estimate of drug-likeness (QED) is 0.838. The van der Waals surface area contributed by atoms with Crippen LogP contribution in [0.3, 0.4) is 0 Å². The molecule has 0 atom stereocenters. The molecule has 0 saturated carbocycles. The van der Waals surface area contributed by atoms with E-state index in [1.165, 1.54) is 5.69 Å². The van der Waals surface area contributed by atoms with Gasteiger partial charge in [0.15, 0.2) is 0 Å². The molecule has 2 aliphatic rings. The number of carbonyl (C=O) groups excluding carboxylic acids is 2. The van der Waals surface area contributed by atoms with Gasteiger partial charge in [0, 0.05) is 45.0 Å². The van der Waals surface area contributed by atoms with Crippen molar-refractivity contribution >= 4 is 17.5 Å². The number of likely N-dealkylation sites (tertiary alicyclic amines) is 1. The summed E-state index contributed by atoms with van der Waals surface area (Å²) in [7, 11) is 0. The van der Waals surface area contributed by atoms with Crippen LogP contribution in [0.25, 0.3) is 0 Å². The Balaban J connectivity index is 1.41. The molecule has 6 heteroatoms. The van der Waals surface area contributed by atoms with Crippen LogP contribution in [0.4, 0.5) is 5.69 Å². The van der Waals surface area contributed by atoms with Gasteiger partial charge >= 0.3 is 0 Å². The van der Waals surface area contributed by atoms with Gasteiger partial charge in [-0.05, 0) is 37.1 Å². The van der Waals surface area contributed by atoms with Gasteiger partial charge in [-0.15, -0.1) is 0 Å². The maximum absolute atomic E-state index is 12.9. The minimum atomic E-state index is -0.0983.